The van der Waals surface area contributed by atoms with Crippen LogP contribution in [0.4, 0.5) is 5.69 Å². The number of carbonyl (C=O) groups is 1. The molecule has 23 heavy (non-hydrogen) atoms. The van der Waals surface area contributed by atoms with Gasteiger partial charge >= 0.3 is 0 Å². The molecule has 1 aliphatic rings. The molecule has 2 rings (SSSR count). The molecule has 1 aromatic rings. The van der Waals surface area contributed by atoms with Gasteiger partial charge in [0.2, 0.25) is 0 Å². The molecule has 0 saturated carbocycles. The lowest BCUT2D eigenvalue weighted by molar-refractivity contribution is -0.385. The summed E-state index contributed by atoms with van der Waals surface area (Å²) in [4.78, 5) is 29.8. The van der Waals surface area contributed by atoms with Crippen molar-refractivity contribution in [1.29, 1.82) is 0 Å². The van der Waals surface area contributed by atoms with Gasteiger partial charge in [-0.15, -0.1) is 0 Å². The number of amides is 1. The van der Waals surface area contributed by atoms with Crippen molar-refractivity contribution in [3.05, 3.63) is 27.8 Å². The minimum Gasteiger partial charge on any atom is -0.493 e. The molecule has 126 valence electrons. The van der Waals surface area contributed by atoms with E-state index >= 15 is 0 Å². The zero-order valence-corrected chi connectivity index (χ0v) is 13.4. The largest absolute Gasteiger partial charge is 0.493 e. The Kier molecular flexibility index (Phi) is 5.02. The lowest BCUT2D eigenvalue weighted by Gasteiger charge is -2.42. The number of nitro benzene ring substituents is 1. The molecule has 1 heterocycles. The number of methoxy groups -OCH3 is 2. The summed E-state index contributed by atoms with van der Waals surface area (Å²) in [5, 5.41) is 12.9. The highest BCUT2D eigenvalue weighted by molar-refractivity contribution is 5.99. The molecule has 0 atom stereocenters. The molecule has 1 fully saturated rings. The summed E-state index contributed by atoms with van der Waals surface area (Å²) in [6, 6.07) is 2.61. The van der Waals surface area contributed by atoms with Crippen molar-refractivity contribution in [1.82, 2.24) is 9.96 Å². The van der Waals surface area contributed by atoms with E-state index in [1.165, 1.54) is 31.3 Å². The maximum atomic E-state index is 12.5. The molecule has 1 saturated heterocycles. The molecule has 1 amide bonds. The summed E-state index contributed by atoms with van der Waals surface area (Å²) in [5.41, 5.74) is -0.331. The molecule has 0 N–H and O–H groups in total. The Hall–Kier alpha value is -2.39. The molecular formula is C14H19N3O6. The second-order valence-electron chi connectivity index (χ2n) is 5.07. The number of hydroxylamine groups is 2. The summed E-state index contributed by atoms with van der Waals surface area (Å²) < 4.78 is 10.2. The summed E-state index contributed by atoms with van der Waals surface area (Å²) in [6.45, 7) is 0.878. The van der Waals surface area contributed by atoms with Crippen LogP contribution in [0.2, 0.25) is 0 Å². The van der Waals surface area contributed by atoms with Crippen LogP contribution in [0.3, 0.4) is 0 Å². The Morgan fingerprint density at radius 1 is 1.26 bits per heavy atom. The first-order valence-electron chi connectivity index (χ1n) is 6.89. The van der Waals surface area contributed by atoms with Gasteiger partial charge in [-0.1, -0.05) is 0 Å². The van der Waals surface area contributed by atoms with Gasteiger partial charge in [0.1, 0.15) is 5.56 Å². The van der Waals surface area contributed by atoms with Crippen molar-refractivity contribution < 1.29 is 24.0 Å². The fourth-order valence-electron chi connectivity index (χ4n) is 2.36. The summed E-state index contributed by atoms with van der Waals surface area (Å²) in [5.74, 6) is 0.0577. The predicted octanol–water partition coefficient (Wildman–Crippen LogP) is 0.930. The molecule has 0 radical (unpaired) electrons. The molecule has 0 aromatic heterocycles. The van der Waals surface area contributed by atoms with Crippen molar-refractivity contribution in [3.63, 3.8) is 0 Å². The standard InChI is InChI=1S/C14H19N3O6/c1-15(23-4)9-7-16(8-9)14(18)10-5-12(21-2)13(22-3)6-11(10)17(19)20/h5-6,9H,7-8H2,1-4H3. The molecule has 0 bridgehead atoms. The van der Waals surface area contributed by atoms with E-state index in [-0.39, 0.29) is 28.8 Å². The Morgan fingerprint density at radius 2 is 1.83 bits per heavy atom. The maximum Gasteiger partial charge on any atom is 0.286 e. The minimum absolute atomic E-state index is 0.0221. The molecule has 0 unspecified atom stereocenters. The van der Waals surface area contributed by atoms with E-state index < -0.39 is 10.8 Å². The van der Waals surface area contributed by atoms with Crippen molar-refractivity contribution in [2.75, 3.05) is 41.5 Å². The number of likely N-dealkylation sites (tertiary alicyclic amines) is 1. The molecule has 1 aromatic carbocycles. The summed E-state index contributed by atoms with van der Waals surface area (Å²) in [7, 11) is 6.10. The molecule has 9 heteroatoms. The third-order valence-electron chi connectivity index (χ3n) is 3.88. The van der Waals surface area contributed by atoms with E-state index in [1.54, 1.807) is 19.2 Å². The smallest absolute Gasteiger partial charge is 0.286 e. The maximum absolute atomic E-state index is 12.5. The quantitative estimate of drug-likeness (QED) is 0.567. The second-order valence-corrected chi connectivity index (χ2v) is 5.07. The first-order chi connectivity index (χ1) is 10.9. The summed E-state index contributed by atoms with van der Waals surface area (Å²) >= 11 is 0. The third kappa shape index (κ3) is 3.20. The van der Waals surface area contributed by atoms with E-state index in [0.29, 0.717) is 13.1 Å². The van der Waals surface area contributed by atoms with Crippen LogP contribution in [-0.4, -0.2) is 68.3 Å². The van der Waals surface area contributed by atoms with Crippen molar-refractivity contribution in [2.24, 2.45) is 0 Å². The van der Waals surface area contributed by atoms with Gasteiger partial charge in [0, 0.05) is 26.2 Å². The van der Waals surface area contributed by atoms with Gasteiger partial charge in [-0.2, -0.15) is 5.06 Å². The molecule has 9 nitrogen and oxygen atoms in total. The van der Waals surface area contributed by atoms with E-state index in [2.05, 4.69) is 0 Å². The van der Waals surface area contributed by atoms with Gasteiger partial charge in [0.25, 0.3) is 11.6 Å². The van der Waals surface area contributed by atoms with Gasteiger partial charge in [-0.3, -0.25) is 14.9 Å². The fraction of sp³-hybridized carbons (Fsp3) is 0.500. The number of ether oxygens (including phenoxy) is 2. The zero-order chi connectivity index (χ0) is 17.1. The minimum atomic E-state index is -0.603. The zero-order valence-electron chi connectivity index (χ0n) is 13.4. The van der Waals surface area contributed by atoms with Gasteiger partial charge in [-0.25, -0.2) is 0 Å². The van der Waals surface area contributed by atoms with Crippen LogP contribution in [0, 0.1) is 10.1 Å². The average molecular weight is 325 g/mol. The van der Waals surface area contributed by atoms with E-state index in [4.69, 9.17) is 14.3 Å². The number of nitro groups is 1. The van der Waals surface area contributed by atoms with Crippen LogP contribution in [0.15, 0.2) is 12.1 Å². The van der Waals surface area contributed by atoms with Crippen LogP contribution in [0.1, 0.15) is 10.4 Å². The van der Waals surface area contributed by atoms with Crippen LogP contribution >= 0.6 is 0 Å². The first kappa shape index (κ1) is 17.0. The number of likely N-dealkylation sites (N-methyl/N-ethyl adjacent to an activating group) is 1. The van der Waals surface area contributed by atoms with Crippen molar-refractivity contribution in [2.45, 2.75) is 6.04 Å². The average Bonchev–Trinajstić information content (AvgIpc) is 2.51. The van der Waals surface area contributed by atoms with Crippen LogP contribution in [0.25, 0.3) is 0 Å². The molecule has 1 aliphatic heterocycles. The highest BCUT2D eigenvalue weighted by Gasteiger charge is 2.37. The van der Waals surface area contributed by atoms with Crippen LogP contribution in [-0.2, 0) is 4.84 Å². The van der Waals surface area contributed by atoms with Gasteiger partial charge < -0.3 is 19.2 Å². The normalized spacial score (nSPS) is 14.6. The van der Waals surface area contributed by atoms with E-state index in [9.17, 15) is 14.9 Å². The van der Waals surface area contributed by atoms with Crippen LogP contribution in [0.5, 0.6) is 11.5 Å². The van der Waals surface area contributed by atoms with Crippen LogP contribution < -0.4 is 9.47 Å². The van der Waals surface area contributed by atoms with E-state index in [1.807, 2.05) is 0 Å². The van der Waals surface area contributed by atoms with Crippen molar-refractivity contribution in [3.8, 4) is 11.5 Å². The first-order valence-corrected chi connectivity index (χ1v) is 6.89. The number of benzene rings is 1. The topological polar surface area (TPSA) is 94.4 Å². The SMILES string of the molecule is COc1cc(C(=O)N2CC(N(C)OC)C2)c([N+](=O)[O-])cc1OC. The lowest BCUT2D eigenvalue weighted by atomic mass is 10.0. The van der Waals surface area contributed by atoms with Gasteiger partial charge in [-0.05, 0) is 0 Å². The lowest BCUT2D eigenvalue weighted by Crippen LogP contribution is -2.59. The van der Waals surface area contributed by atoms with Gasteiger partial charge in [0.05, 0.1) is 38.4 Å². The second kappa shape index (κ2) is 6.80. The third-order valence-corrected chi connectivity index (χ3v) is 3.88. The Labute approximate surface area is 133 Å². The Morgan fingerprint density at radius 3 is 2.30 bits per heavy atom. The number of hydrogen-bond acceptors (Lipinski definition) is 7. The molecular weight excluding hydrogens is 306 g/mol. The van der Waals surface area contributed by atoms with Gasteiger partial charge in [0.15, 0.2) is 11.5 Å². The highest BCUT2D eigenvalue weighted by Crippen LogP contribution is 2.35. The Balaban J connectivity index is 2.28. The fourth-order valence-corrected chi connectivity index (χ4v) is 2.36. The summed E-state index contributed by atoms with van der Waals surface area (Å²) in [6.07, 6.45) is 0. The highest BCUT2D eigenvalue weighted by atomic mass is 16.7. The number of nitrogens with zero attached hydrogens (tertiary/aromatic N) is 3. The Bertz CT molecular complexity index is 615. The molecule has 0 aliphatic carbocycles. The van der Waals surface area contributed by atoms with Crippen molar-refractivity contribution >= 4 is 11.6 Å². The molecule has 0 spiro atoms. The predicted molar refractivity (Wildman–Crippen MR) is 80.7 cm³/mol. The number of carbonyl (C=O) groups excluding carboxylic acids is 1. The van der Waals surface area contributed by atoms with E-state index in [0.717, 1.165) is 0 Å². The number of hydrogen-bond donors (Lipinski definition) is 0. The monoisotopic (exact) mass is 325 g/mol. The number of rotatable bonds is 6.